The highest BCUT2D eigenvalue weighted by molar-refractivity contribution is 9.10. The van der Waals surface area contributed by atoms with Crippen molar-refractivity contribution < 1.29 is 14.3 Å². The summed E-state index contributed by atoms with van der Waals surface area (Å²) in [6.45, 7) is 6.83. The molecule has 2 rings (SSSR count). The van der Waals surface area contributed by atoms with Gasteiger partial charge in [-0.3, -0.25) is 0 Å². The molecule has 7 nitrogen and oxygen atoms in total. The minimum atomic E-state index is -0.475. The number of likely N-dealkylation sites (tertiary alicyclic amines) is 1. The summed E-state index contributed by atoms with van der Waals surface area (Å²) in [5, 5.41) is 0. The number of hydrogen-bond donors (Lipinski definition) is 0. The Morgan fingerprint density at radius 2 is 1.96 bits per heavy atom. The van der Waals surface area contributed by atoms with Gasteiger partial charge in [0.2, 0.25) is 0 Å². The first-order chi connectivity index (χ1) is 11.2. The molecule has 0 N–H and O–H groups in total. The van der Waals surface area contributed by atoms with Crippen molar-refractivity contribution in [3.63, 3.8) is 0 Å². The van der Waals surface area contributed by atoms with Crippen molar-refractivity contribution >= 4 is 27.8 Å². The predicted molar refractivity (Wildman–Crippen MR) is 95.5 cm³/mol. The topological polar surface area (TPSA) is 67.8 Å². The number of rotatable bonds is 3. The quantitative estimate of drug-likeness (QED) is 0.776. The number of carbonyl (C=O) groups excluding carboxylic acids is 1. The van der Waals surface area contributed by atoms with Crippen molar-refractivity contribution in [3.8, 4) is 5.88 Å². The Labute approximate surface area is 151 Å². The summed E-state index contributed by atoms with van der Waals surface area (Å²) in [7, 11) is 3.80. The van der Waals surface area contributed by atoms with Crippen LogP contribution in [0, 0.1) is 0 Å². The zero-order valence-corrected chi connectivity index (χ0v) is 16.5. The molecule has 1 saturated heterocycles. The van der Waals surface area contributed by atoms with Crippen molar-refractivity contribution in [2.45, 2.75) is 45.3 Å². The van der Waals surface area contributed by atoms with Gasteiger partial charge in [0.25, 0.3) is 5.88 Å². The van der Waals surface area contributed by atoms with Crippen LogP contribution in [0.25, 0.3) is 0 Å². The predicted octanol–water partition coefficient (Wildman–Crippen LogP) is 3.08. The van der Waals surface area contributed by atoms with Gasteiger partial charge in [-0.25, -0.2) is 14.8 Å². The number of aromatic nitrogens is 2. The van der Waals surface area contributed by atoms with Gasteiger partial charge in [0.05, 0.1) is 6.20 Å². The van der Waals surface area contributed by atoms with Crippen LogP contribution in [0.4, 0.5) is 10.6 Å². The number of ether oxygens (including phenoxy) is 2. The van der Waals surface area contributed by atoms with Gasteiger partial charge in [0.1, 0.15) is 16.3 Å². The molecule has 1 fully saturated rings. The van der Waals surface area contributed by atoms with Gasteiger partial charge >= 0.3 is 6.09 Å². The minimum absolute atomic E-state index is 0.00554. The van der Waals surface area contributed by atoms with Crippen LogP contribution >= 0.6 is 15.9 Å². The number of nitrogens with zero attached hydrogens (tertiary/aromatic N) is 4. The number of amides is 1. The summed E-state index contributed by atoms with van der Waals surface area (Å²) < 4.78 is 12.1. The van der Waals surface area contributed by atoms with Crippen LogP contribution in [0.3, 0.4) is 0 Å². The summed E-state index contributed by atoms with van der Waals surface area (Å²) >= 11 is 3.33. The molecule has 0 aliphatic carbocycles. The second-order valence-electron chi connectivity index (χ2n) is 7.00. The van der Waals surface area contributed by atoms with Crippen LogP contribution in [0.1, 0.15) is 33.6 Å². The van der Waals surface area contributed by atoms with E-state index in [1.807, 2.05) is 39.8 Å². The van der Waals surface area contributed by atoms with Crippen molar-refractivity contribution in [3.05, 3.63) is 10.8 Å². The van der Waals surface area contributed by atoms with Crippen LogP contribution in [-0.2, 0) is 4.74 Å². The molecule has 0 spiro atoms. The Morgan fingerprint density at radius 3 is 2.50 bits per heavy atom. The lowest BCUT2D eigenvalue weighted by Gasteiger charge is -2.33. The first-order valence-corrected chi connectivity index (χ1v) is 8.79. The summed E-state index contributed by atoms with van der Waals surface area (Å²) in [6.07, 6.45) is 2.86. The molecular weight excluding hydrogens is 376 g/mol. The minimum Gasteiger partial charge on any atom is -0.472 e. The number of anilines is 1. The van der Waals surface area contributed by atoms with Crippen LogP contribution < -0.4 is 9.64 Å². The summed E-state index contributed by atoms with van der Waals surface area (Å²) in [4.78, 5) is 24.4. The molecule has 1 aromatic heterocycles. The SMILES string of the molecule is CN(C)c1ncc(Br)nc1OC1CCN(C(=O)OC(C)(C)C)CC1. The molecule has 0 unspecified atom stereocenters. The average Bonchev–Trinajstić information content (AvgIpc) is 2.46. The normalized spacial score (nSPS) is 16.0. The summed E-state index contributed by atoms with van der Waals surface area (Å²) in [5.74, 6) is 1.19. The first-order valence-electron chi connectivity index (χ1n) is 8.00. The van der Waals surface area contributed by atoms with Gasteiger partial charge in [-0.05, 0) is 36.7 Å². The van der Waals surface area contributed by atoms with E-state index >= 15 is 0 Å². The van der Waals surface area contributed by atoms with E-state index in [2.05, 4.69) is 25.9 Å². The smallest absolute Gasteiger partial charge is 0.410 e. The fraction of sp³-hybridized carbons (Fsp3) is 0.688. The largest absolute Gasteiger partial charge is 0.472 e. The molecule has 24 heavy (non-hydrogen) atoms. The summed E-state index contributed by atoms with van der Waals surface area (Å²) in [5.41, 5.74) is -0.475. The van der Waals surface area contributed by atoms with Gasteiger partial charge < -0.3 is 19.3 Å². The van der Waals surface area contributed by atoms with Crippen molar-refractivity contribution in [1.82, 2.24) is 14.9 Å². The lowest BCUT2D eigenvalue weighted by atomic mass is 10.1. The highest BCUT2D eigenvalue weighted by atomic mass is 79.9. The first kappa shape index (κ1) is 18.8. The Hall–Kier alpha value is -1.57. The number of carbonyl (C=O) groups is 1. The third-order valence-electron chi connectivity index (χ3n) is 3.49. The molecule has 134 valence electrons. The molecule has 0 aromatic carbocycles. The Balaban J connectivity index is 1.94. The molecule has 1 aliphatic rings. The average molecular weight is 401 g/mol. The molecule has 1 aliphatic heterocycles. The number of piperidine rings is 1. The summed E-state index contributed by atoms with van der Waals surface area (Å²) in [6, 6.07) is 0. The maximum Gasteiger partial charge on any atom is 0.410 e. The Morgan fingerprint density at radius 1 is 1.33 bits per heavy atom. The molecule has 0 radical (unpaired) electrons. The van der Waals surface area contributed by atoms with E-state index in [4.69, 9.17) is 9.47 Å². The van der Waals surface area contributed by atoms with E-state index in [1.165, 1.54) is 0 Å². The van der Waals surface area contributed by atoms with Crippen molar-refractivity contribution in [2.24, 2.45) is 0 Å². The monoisotopic (exact) mass is 400 g/mol. The van der Waals surface area contributed by atoms with E-state index in [0.717, 1.165) is 12.8 Å². The number of halogens is 1. The Kier molecular flexibility index (Phi) is 5.90. The van der Waals surface area contributed by atoms with Gasteiger partial charge in [-0.1, -0.05) is 0 Å². The molecule has 0 atom stereocenters. The fourth-order valence-electron chi connectivity index (χ4n) is 2.37. The van der Waals surface area contributed by atoms with Crippen LogP contribution in [0.15, 0.2) is 10.8 Å². The molecule has 8 heteroatoms. The Bertz CT molecular complexity index is 581. The van der Waals surface area contributed by atoms with Crippen molar-refractivity contribution in [2.75, 3.05) is 32.1 Å². The van der Waals surface area contributed by atoms with Gasteiger partial charge in [0.15, 0.2) is 5.82 Å². The molecule has 0 bridgehead atoms. The van der Waals surface area contributed by atoms with Crippen LogP contribution in [0.5, 0.6) is 5.88 Å². The zero-order valence-electron chi connectivity index (χ0n) is 14.9. The maximum absolute atomic E-state index is 12.1. The van der Waals surface area contributed by atoms with E-state index in [-0.39, 0.29) is 12.2 Å². The molecule has 2 heterocycles. The highest BCUT2D eigenvalue weighted by Gasteiger charge is 2.28. The molecule has 0 saturated carbocycles. The lowest BCUT2D eigenvalue weighted by molar-refractivity contribution is 0.0123. The van der Waals surface area contributed by atoms with Gasteiger partial charge in [-0.2, -0.15) is 0 Å². The van der Waals surface area contributed by atoms with E-state index < -0.39 is 5.60 Å². The van der Waals surface area contributed by atoms with Gasteiger partial charge in [-0.15, -0.1) is 0 Å². The zero-order chi connectivity index (χ0) is 17.9. The second-order valence-corrected chi connectivity index (χ2v) is 7.81. The van der Waals surface area contributed by atoms with Crippen molar-refractivity contribution in [1.29, 1.82) is 0 Å². The third-order valence-corrected chi connectivity index (χ3v) is 3.87. The van der Waals surface area contributed by atoms with E-state index in [1.54, 1.807) is 11.1 Å². The van der Waals surface area contributed by atoms with Gasteiger partial charge in [0, 0.05) is 40.0 Å². The van der Waals surface area contributed by atoms with E-state index in [0.29, 0.717) is 29.4 Å². The third kappa shape index (κ3) is 5.22. The maximum atomic E-state index is 12.1. The lowest BCUT2D eigenvalue weighted by Crippen LogP contribution is -2.44. The van der Waals surface area contributed by atoms with E-state index in [9.17, 15) is 4.79 Å². The fourth-order valence-corrected chi connectivity index (χ4v) is 2.64. The highest BCUT2D eigenvalue weighted by Crippen LogP contribution is 2.27. The second kappa shape index (κ2) is 7.55. The molecule has 1 amide bonds. The molecule has 1 aromatic rings. The standard InChI is InChI=1S/C16H25BrN4O3/c1-16(2,3)24-15(22)21-8-6-11(7-9-21)23-14-13(20(4)5)18-10-12(17)19-14/h10-11H,6-9H2,1-5H3. The molecular formula is C16H25BrN4O3. The number of hydrogen-bond acceptors (Lipinski definition) is 6. The van der Waals surface area contributed by atoms with Crippen LogP contribution in [0.2, 0.25) is 0 Å². The van der Waals surface area contributed by atoms with Crippen LogP contribution in [-0.4, -0.2) is 59.9 Å².